The maximum absolute atomic E-state index is 13.4. The summed E-state index contributed by atoms with van der Waals surface area (Å²) < 4.78 is 43.4. The molecule has 6 rings (SSSR count). The maximum Gasteiger partial charge on any atom is 0.424 e. The van der Waals surface area contributed by atoms with Crippen LogP contribution in [0.1, 0.15) is 57.1 Å². The van der Waals surface area contributed by atoms with Crippen molar-refractivity contribution in [2.75, 3.05) is 0 Å². The van der Waals surface area contributed by atoms with E-state index < -0.39 is 17.6 Å². The lowest BCUT2D eigenvalue weighted by Gasteiger charge is -2.43. The summed E-state index contributed by atoms with van der Waals surface area (Å²) in [5.41, 5.74) is -1.21. The van der Waals surface area contributed by atoms with E-state index in [1.165, 1.54) is 10.8 Å². The van der Waals surface area contributed by atoms with Gasteiger partial charge in [0, 0.05) is 10.8 Å². The quantitative estimate of drug-likeness (QED) is 0.812. The number of hydrogen-bond donors (Lipinski definition) is 1. The molecule has 0 aromatic carbocycles. The summed E-state index contributed by atoms with van der Waals surface area (Å²) in [5.74, 6) is -0.404. The summed E-state index contributed by atoms with van der Waals surface area (Å²) in [6.07, 6.45) is 0.981. The molecule has 3 fully saturated rings. The number of rotatable bonds is 3. The van der Waals surface area contributed by atoms with Gasteiger partial charge in [0.05, 0.1) is 35.9 Å². The Balaban J connectivity index is 1.58. The summed E-state index contributed by atoms with van der Waals surface area (Å²) in [6, 6.07) is 1.59. The van der Waals surface area contributed by atoms with Crippen LogP contribution in [0.15, 0.2) is 12.3 Å². The standard InChI is InChI=1S/C19H21F3N4O2/c1-11-7-25-12(5-14(24-25)18-4-3-17(8-18,9-18)10-27)13-6-23-15(26(11)13)16(2,28)19(20,21)22/h5-6,10-11,28H,3-4,7-9H2,1-2H3/t11-,16+,17?,18?/m0/s1. The minimum absolute atomic E-state index is 0.0976. The number of carbonyl (C=O) groups excluding carboxylic acids is 1. The van der Waals surface area contributed by atoms with E-state index in [0.29, 0.717) is 17.9 Å². The normalized spacial score (nSPS) is 33.0. The topological polar surface area (TPSA) is 72.9 Å². The largest absolute Gasteiger partial charge is 0.424 e. The molecule has 0 radical (unpaired) electrons. The van der Waals surface area contributed by atoms with E-state index in [1.807, 2.05) is 10.7 Å². The van der Waals surface area contributed by atoms with E-state index in [2.05, 4.69) is 4.98 Å². The van der Waals surface area contributed by atoms with E-state index >= 15 is 0 Å². The molecule has 2 aromatic rings. The van der Waals surface area contributed by atoms with Gasteiger partial charge in [0.1, 0.15) is 6.29 Å². The minimum Gasteiger partial charge on any atom is -0.374 e. The van der Waals surface area contributed by atoms with Crippen LogP contribution in [0.3, 0.4) is 0 Å². The third-order valence-corrected chi connectivity index (χ3v) is 6.98. The lowest BCUT2D eigenvalue weighted by atomic mass is 9.59. The zero-order valence-corrected chi connectivity index (χ0v) is 15.6. The molecule has 1 N–H and O–H groups in total. The summed E-state index contributed by atoms with van der Waals surface area (Å²) in [5, 5.41) is 14.9. The van der Waals surface area contributed by atoms with Crippen LogP contribution in [0.25, 0.3) is 11.4 Å². The van der Waals surface area contributed by atoms with Crippen molar-refractivity contribution in [1.29, 1.82) is 0 Å². The lowest BCUT2D eigenvalue weighted by molar-refractivity contribution is -0.262. The fourth-order valence-electron chi connectivity index (χ4n) is 5.43. The predicted molar refractivity (Wildman–Crippen MR) is 92.4 cm³/mol. The molecule has 150 valence electrons. The Hall–Kier alpha value is -2.16. The van der Waals surface area contributed by atoms with Crippen molar-refractivity contribution in [3.63, 3.8) is 0 Å². The average molecular weight is 394 g/mol. The van der Waals surface area contributed by atoms with Crippen LogP contribution in [0, 0.1) is 5.41 Å². The fourth-order valence-corrected chi connectivity index (χ4v) is 5.43. The van der Waals surface area contributed by atoms with Crippen molar-refractivity contribution >= 4 is 6.29 Å². The van der Waals surface area contributed by atoms with E-state index in [9.17, 15) is 23.1 Å². The molecule has 0 amide bonds. The van der Waals surface area contributed by atoms with E-state index in [0.717, 1.165) is 44.6 Å². The Kier molecular flexibility index (Phi) is 3.23. The highest BCUT2D eigenvalue weighted by Gasteiger charge is 2.62. The number of aromatic nitrogens is 4. The SMILES string of the molecule is C[C@H]1Cn2nc(C34CCC(C=O)(C3)C4)cc2-c2cnc([C@@](C)(O)C(F)(F)F)n21. The second-order valence-electron chi connectivity index (χ2n) is 8.97. The zero-order chi connectivity index (χ0) is 20.1. The number of nitrogens with zero attached hydrogens (tertiary/aromatic N) is 4. The first kappa shape index (κ1) is 17.9. The average Bonchev–Trinajstić information content (AvgIpc) is 3.32. The van der Waals surface area contributed by atoms with E-state index in [1.54, 1.807) is 6.92 Å². The van der Waals surface area contributed by atoms with Crippen LogP contribution in [-0.4, -0.2) is 36.9 Å². The smallest absolute Gasteiger partial charge is 0.374 e. The van der Waals surface area contributed by atoms with Gasteiger partial charge in [0.25, 0.3) is 0 Å². The number of alkyl halides is 3. The van der Waals surface area contributed by atoms with Crippen molar-refractivity contribution in [2.24, 2.45) is 5.41 Å². The molecule has 2 bridgehead atoms. The van der Waals surface area contributed by atoms with Crippen molar-refractivity contribution < 1.29 is 23.1 Å². The van der Waals surface area contributed by atoms with Gasteiger partial charge in [-0.15, -0.1) is 0 Å². The summed E-state index contributed by atoms with van der Waals surface area (Å²) in [7, 11) is 0. The zero-order valence-electron chi connectivity index (χ0n) is 15.6. The molecule has 28 heavy (non-hydrogen) atoms. The number of hydrogen-bond acceptors (Lipinski definition) is 4. The molecular weight excluding hydrogens is 373 g/mol. The molecule has 3 heterocycles. The number of aliphatic hydroxyl groups is 1. The third kappa shape index (κ3) is 2.05. The van der Waals surface area contributed by atoms with Crippen LogP contribution < -0.4 is 0 Å². The van der Waals surface area contributed by atoms with Crippen LogP contribution in [0.2, 0.25) is 0 Å². The van der Waals surface area contributed by atoms with Crippen LogP contribution >= 0.6 is 0 Å². The number of halogens is 3. The number of fused-ring (bicyclic) bond motifs is 4. The first-order valence-corrected chi connectivity index (χ1v) is 9.44. The summed E-state index contributed by atoms with van der Waals surface area (Å²) in [6.45, 7) is 2.92. The first-order chi connectivity index (χ1) is 13.0. The van der Waals surface area contributed by atoms with Gasteiger partial charge in [-0.25, -0.2) is 4.98 Å². The maximum atomic E-state index is 13.4. The molecule has 0 spiro atoms. The highest BCUT2D eigenvalue weighted by molar-refractivity contribution is 5.66. The second-order valence-corrected chi connectivity index (χ2v) is 8.97. The highest BCUT2D eigenvalue weighted by atomic mass is 19.4. The number of imidazole rings is 1. The van der Waals surface area contributed by atoms with Gasteiger partial charge in [0.2, 0.25) is 5.60 Å². The second kappa shape index (κ2) is 5.06. The van der Waals surface area contributed by atoms with Crippen LogP contribution in [0.4, 0.5) is 13.2 Å². The Morgan fingerprint density at radius 1 is 1.29 bits per heavy atom. The Morgan fingerprint density at radius 2 is 2.00 bits per heavy atom. The predicted octanol–water partition coefficient (Wildman–Crippen LogP) is 3.10. The fraction of sp³-hybridized carbons (Fsp3) is 0.632. The molecule has 6 nitrogen and oxygen atoms in total. The van der Waals surface area contributed by atoms with Gasteiger partial charge >= 0.3 is 6.18 Å². The molecule has 3 saturated carbocycles. The third-order valence-electron chi connectivity index (χ3n) is 6.98. The van der Waals surface area contributed by atoms with Crippen molar-refractivity contribution in [3.8, 4) is 11.4 Å². The number of aldehydes is 1. The molecule has 3 aliphatic carbocycles. The molecular formula is C19H21F3N4O2. The first-order valence-electron chi connectivity index (χ1n) is 9.44. The van der Waals surface area contributed by atoms with Crippen LogP contribution in [-0.2, 0) is 22.4 Å². The molecule has 2 atom stereocenters. The molecule has 0 unspecified atom stereocenters. The Morgan fingerprint density at radius 3 is 2.61 bits per heavy atom. The molecule has 0 saturated heterocycles. The van der Waals surface area contributed by atoms with Gasteiger partial charge < -0.3 is 14.5 Å². The molecule has 4 aliphatic rings. The minimum atomic E-state index is -4.83. The van der Waals surface area contributed by atoms with Gasteiger partial charge in [-0.05, 0) is 45.6 Å². The molecule has 2 aromatic heterocycles. The lowest BCUT2D eigenvalue weighted by Crippen LogP contribution is -2.42. The summed E-state index contributed by atoms with van der Waals surface area (Å²) >= 11 is 0. The van der Waals surface area contributed by atoms with Crippen molar-refractivity contribution in [3.05, 3.63) is 23.8 Å². The van der Waals surface area contributed by atoms with Crippen LogP contribution in [0.5, 0.6) is 0 Å². The Bertz CT molecular complexity index is 982. The van der Waals surface area contributed by atoms with Crippen molar-refractivity contribution in [1.82, 2.24) is 19.3 Å². The van der Waals surface area contributed by atoms with Gasteiger partial charge in [-0.1, -0.05) is 0 Å². The number of carbonyl (C=O) groups is 1. The van der Waals surface area contributed by atoms with Gasteiger partial charge in [-0.3, -0.25) is 4.68 Å². The van der Waals surface area contributed by atoms with Gasteiger partial charge in [0.15, 0.2) is 5.82 Å². The van der Waals surface area contributed by atoms with E-state index in [4.69, 9.17) is 5.10 Å². The molecule has 9 heteroatoms. The van der Waals surface area contributed by atoms with Gasteiger partial charge in [-0.2, -0.15) is 18.3 Å². The highest BCUT2D eigenvalue weighted by Crippen LogP contribution is 2.66. The van der Waals surface area contributed by atoms with Crippen molar-refractivity contribution in [2.45, 2.75) is 69.3 Å². The summed E-state index contributed by atoms with van der Waals surface area (Å²) in [4.78, 5) is 15.3. The molecule has 1 aliphatic heterocycles. The van der Waals surface area contributed by atoms with E-state index in [-0.39, 0.29) is 16.9 Å². The monoisotopic (exact) mass is 394 g/mol. The Labute approximate surface area is 159 Å².